The van der Waals surface area contributed by atoms with Crippen molar-refractivity contribution in [2.45, 2.75) is 25.4 Å². The Morgan fingerprint density at radius 3 is 2.61 bits per heavy atom. The molecule has 2 aliphatic heterocycles. The van der Waals surface area contributed by atoms with Gasteiger partial charge in [0.05, 0.1) is 25.1 Å². The van der Waals surface area contributed by atoms with Gasteiger partial charge in [0.1, 0.15) is 34.7 Å². The molecule has 1 atom stereocenters. The van der Waals surface area contributed by atoms with Crippen LogP contribution in [0, 0.1) is 5.92 Å². The molecule has 158 valence electrons. The fourth-order valence-electron chi connectivity index (χ4n) is 4.43. The van der Waals surface area contributed by atoms with E-state index in [1.54, 1.807) is 19.5 Å². The van der Waals surface area contributed by atoms with Gasteiger partial charge in [0.15, 0.2) is 0 Å². The number of quaternary nitrogens is 1. The van der Waals surface area contributed by atoms with Crippen molar-refractivity contribution in [3.8, 4) is 17.2 Å². The van der Waals surface area contributed by atoms with Crippen LogP contribution >= 0.6 is 0 Å². The fraction of sp³-hybridized carbons (Fsp3) is 0.250. The highest BCUT2D eigenvalue weighted by Crippen LogP contribution is 2.47. The Balaban J connectivity index is 1.52. The molecule has 7 heteroatoms. The Morgan fingerprint density at radius 2 is 1.90 bits per heavy atom. The Hall–Kier alpha value is -3.26. The predicted molar refractivity (Wildman–Crippen MR) is 119 cm³/mol. The molecule has 0 radical (unpaired) electrons. The Kier molecular flexibility index (Phi) is 4.55. The van der Waals surface area contributed by atoms with E-state index in [1.807, 2.05) is 61.7 Å². The van der Waals surface area contributed by atoms with Gasteiger partial charge in [-0.05, 0) is 44.0 Å². The molecule has 5 rings (SSSR count). The lowest BCUT2D eigenvalue weighted by Crippen LogP contribution is -2.53. The monoisotopic (exact) mass is 417 g/mol. The number of hydrogen-bond donors (Lipinski definition) is 2. The summed E-state index contributed by atoms with van der Waals surface area (Å²) in [5.41, 5.74) is 1.83. The molecule has 7 nitrogen and oxygen atoms in total. The van der Waals surface area contributed by atoms with Crippen LogP contribution in [-0.2, 0) is 0 Å². The highest BCUT2D eigenvalue weighted by molar-refractivity contribution is 6.02. The number of hydrogen-bond acceptors (Lipinski definition) is 6. The number of nitrogens with two attached hydrogens (primary N) is 1. The van der Waals surface area contributed by atoms with Crippen molar-refractivity contribution in [2.24, 2.45) is 21.7 Å². The summed E-state index contributed by atoms with van der Waals surface area (Å²) < 4.78 is 11.6. The summed E-state index contributed by atoms with van der Waals surface area (Å²) in [7, 11) is 1.62. The summed E-state index contributed by atoms with van der Waals surface area (Å²) in [5, 5.41) is 10.2. The van der Waals surface area contributed by atoms with Crippen LogP contribution in [0.5, 0.6) is 17.2 Å². The molecule has 1 saturated carbocycles. The molecule has 1 unspecified atom stereocenters. The number of rotatable bonds is 5. The van der Waals surface area contributed by atoms with E-state index in [2.05, 4.69) is 4.99 Å². The van der Waals surface area contributed by atoms with Crippen molar-refractivity contribution in [3.05, 3.63) is 77.9 Å². The Morgan fingerprint density at radius 1 is 1.13 bits per heavy atom. The third kappa shape index (κ3) is 3.37. The van der Waals surface area contributed by atoms with E-state index in [1.165, 1.54) is 0 Å². The largest absolute Gasteiger partial charge is 0.496 e. The first-order valence-corrected chi connectivity index (χ1v) is 10.3. The van der Waals surface area contributed by atoms with Crippen LogP contribution in [0.3, 0.4) is 0 Å². The van der Waals surface area contributed by atoms with E-state index in [-0.39, 0.29) is 10.5 Å². The maximum Gasteiger partial charge on any atom is 0.268 e. The van der Waals surface area contributed by atoms with Crippen LogP contribution in [-0.4, -0.2) is 34.5 Å². The lowest BCUT2D eigenvalue weighted by molar-refractivity contribution is -0.750. The molecule has 0 spiro atoms. The number of para-hydroxylation sites is 1. The summed E-state index contributed by atoms with van der Waals surface area (Å²) in [6.45, 7) is 1.85. The topological polar surface area (TPSA) is 89.4 Å². The van der Waals surface area contributed by atoms with Gasteiger partial charge in [-0.15, -0.1) is 4.59 Å². The molecule has 0 saturated heterocycles. The number of allylic oxidation sites excluding steroid dienone is 2. The zero-order valence-corrected chi connectivity index (χ0v) is 17.5. The number of nitrogens with zero attached hydrogens (tertiary/aromatic N) is 3. The summed E-state index contributed by atoms with van der Waals surface area (Å²) in [6, 6.07) is 15.2. The second-order valence-electron chi connectivity index (χ2n) is 8.44. The number of ether oxygens (including phenoxy) is 2. The fourth-order valence-corrected chi connectivity index (χ4v) is 4.43. The second-order valence-corrected chi connectivity index (χ2v) is 8.44. The normalized spacial score (nSPS) is 28.8. The molecule has 31 heavy (non-hydrogen) atoms. The molecule has 1 aliphatic carbocycles. The lowest BCUT2D eigenvalue weighted by Gasteiger charge is -2.40. The first-order valence-electron chi connectivity index (χ1n) is 10.3. The molecule has 1 fully saturated rings. The average molecular weight is 417 g/mol. The standard InChI is InChI=1S/C24H25N4O3/c1-24(29)13-16(14-24)22-20-15-26-10-11-28(20,25)23(27-22)19-9-8-18(12-21(19)30-2)31-17-6-4-3-5-7-17/h3-12,15-16,29H,13-14,25H2,1-2H3/q+1. The Labute approximate surface area is 181 Å². The van der Waals surface area contributed by atoms with Gasteiger partial charge in [-0.2, -0.15) is 10.8 Å². The SMILES string of the molecule is COc1cc(Oc2ccccc2)ccc1C1=NC(C2CC(C)(O)C2)=C2C=NC=C[N+]12N. The smallest absolute Gasteiger partial charge is 0.268 e. The second kappa shape index (κ2) is 7.16. The number of amidine groups is 1. The minimum absolute atomic E-state index is 0.0767. The van der Waals surface area contributed by atoms with Crippen LogP contribution in [0.25, 0.3) is 0 Å². The van der Waals surface area contributed by atoms with Crippen molar-refractivity contribution in [3.63, 3.8) is 0 Å². The molecular formula is C24H25N4O3+. The van der Waals surface area contributed by atoms with Crippen LogP contribution < -0.4 is 15.3 Å². The highest BCUT2D eigenvalue weighted by atomic mass is 16.5. The molecule has 2 heterocycles. The van der Waals surface area contributed by atoms with Crippen LogP contribution in [0.4, 0.5) is 0 Å². The molecule has 2 aromatic rings. The molecule has 0 bridgehead atoms. The van der Waals surface area contributed by atoms with Crippen molar-refractivity contribution >= 4 is 12.1 Å². The zero-order chi connectivity index (χ0) is 21.6. The third-order valence-electron chi connectivity index (χ3n) is 5.97. The first kappa shape index (κ1) is 19.7. The summed E-state index contributed by atoms with van der Waals surface area (Å²) >= 11 is 0. The Bertz CT molecular complexity index is 1140. The lowest BCUT2D eigenvalue weighted by atomic mass is 9.70. The van der Waals surface area contributed by atoms with E-state index < -0.39 is 5.60 Å². The quantitative estimate of drug-likeness (QED) is 0.571. The molecular weight excluding hydrogens is 392 g/mol. The maximum atomic E-state index is 10.2. The third-order valence-corrected chi connectivity index (χ3v) is 5.97. The molecule has 3 N–H and O–H groups in total. The average Bonchev–Trinajstić information content (AvgIpc) is 3.05. The number of benzene rings is 2. The van der Waals surface area contributed by atoms with E-state index >= 15 is 0 Å². The van der Waals surface area contributed by atoms with Crippen molar-refractivity contribution in [1.29, 1.82) is 0 Å². The summed E-state index contributed by atoms with van der Waals surface area (Å²) in [5.74, 6) is 9.65. The minimum atomic E-state index is -0.656. The predicted octanol–water partition coefficient (Wildman–Crippen LogP) is 3.87. The van der Waals surface area contributed by atoms with Crippen molar-refractivity contribution in [2.75, 3.05) is 7.11 Å². The van der Waals surface area contributed by atoms with E-state index in [0.29, 0.717) is 30.2 Å². The molecule has 0 aromatic heterocycles. The van der Waals surface area contributed by atoms with Gasteiger partial charge in [0.2, 0.25) is 5.70 Å². The summed E-state index contributed by atoms with van der Waals surface area (Å²) in [6.07, 6.45) is 6.56. The number of aliphatic hydroxyl groups is 1. The van der Waals surface area contributed by atoms with Gasteiger partial charge < -0.3 is 14.6 Å². The maximum absolute atomic E-state index is 10.2. The zero-order valence-electron chi connectivity index (χ0n) is 17.5. The van der Waals surface area contributed by atoms with Gasteiger partial charge in [-0.25, -0.2) is 0 Å². The van der Waals surface area contributed by atoms with Crippen LogP contribution in [0.1, 0.15) is 25.3 Å². The van der Waals surface area contributed by atoms with Crippen LogP contribution in [0.2, 0.25) is 0 Å². The van der Waals surface area contributed by atoms with Gasteiger partial charge in [-0.3, -0.25) is 4.99 Å². The molecule has 0 amide bonds. The van der Waals surface area contributed by atoms with E-state index in [0.717, 1.165) is 22.7 Å². The number of fused-ring (bicyclic) bond motifs is 1. The van der Waals surface area contributed by atoms with Gasteiger partial charge in [0.25, 0.3) is 5.84 Å². The molecule has 2 aromatic carbocycles. The first-order chi connectivity index (χ1) is 14.9. The highest BCUT2D eigenvalue weighted by Gasteiger charge is 2.51. The number of methoxy groups -OCH3 is 1. The van der Waals surface area contributed by atoms with Crippen molar-refractivity contribution in [1.82, 2.24) is 0 Å². The summed E-state index contributed by atoms with van der Waals surface area (Å²) in [4.78, 5) is 9.23. The number of aliphatic imine (C=N–C) groups is 2. The van der Waals surface area contributed by atoms with E-state index in [4.69, 9.17) is 20.3 Å². The molecule has 3 aliphatic rings. The van der Waals surface area contributed by atoms with Gasteiger partial charge >= 0.3 is 0 Å². The van der Waals surface area contributed by atoms with Crippen molar-refractivity contribution < 1.29 is 19.2 Å². The van der Waals surface area contributed by atoms with Gasteiger partial charge in [0, 0.05) is 12.0 Å². The van der Waals surface area contributed by atoms with Crippen LogP contribution in [0.15, 0.2) is 82.3 Å². The van der Waals surface area contributed by atoms with E-state index in [9.17, 15) is 5.11 Å². The van der Waals surface area contributed by atoms with Gasteiger partial charge in [-0.1, -0.05) is 18.2 Å². The minimum Gasteiger partial charge on any atom is -0.496 e.